The van der Waals surface area contributed by atoms with Gasteiger partial charge in [-0.1, -0.05) is 0 Å². The summed E-state index contributed by atoms with van der Waals surface area (Å²) in [6, 6.07) is 5.52. The summed E-state index contributed by atoms with van der Waals surface area (Å²) in [5.41, 5.74) is 0.603. The Labute approximate surface area is 108 Å². The van der Waals surface area contributed by atoms with Crippen LogP contribution in [-0.4, -0.2) is 9.97 Å². The monoisotopic (exact) mass is 268 g/mol. The first-order valence-electron chi connectivity index (χ1n) is 5.51. The Morgan fingerprint density at radius 1 is 1.00 bits per heavy atom. The van der Waals surface area contributed by atoms with Crippen molar-refractivity contribution in [3.05, 3.63) is 47.5 Å². The van der Waals surface area contributed by atoms with Gasteiger partial charge in [-0.3, -0.25) is 4.98 Å². The summed E-state index contributed by atoms with van der Waals surface area (Å²) in [6.07, 6.45) is -3.39. The van der Waals surface area contributed by atoms with E-state index >= 15 is 0 Å². The molecule has 0 aliphatic carbocycles. The molecule has 0 spiro atoms. The summed E-state index contributed by atoms with van der Waals surface area (Å²) in [7, 11) is 0. The molecule has 0 fully saturated rings. The van der Waals surface area contributed by atoms with Crippen molar-refractivity contribution in [3.8, 4) is 11.5 Å². The van der Waals surface area contributed by atoms with Crippen molar-refractivity contribution in [1.29, 1.82) is 0 Å². The Bertz CT molecular complexity index is 559. The van der Waals surface area contributed by atoms with E-state index in [1.165, 1.54) is 6.07 Å². The fraction of sp³-hybridized carbons (Fsp3) is 0.231. The van der Waals surface area contributed by atoms with Crippen LogP contribution in [-0.2, 0) is 6.18 Å². The minimum absolute atomic E-state index is 0.248. The molecule has 100 valence electrons. The Morgan fingerprint density at radius 3 is 2.11 bits per heavy atom. The van der Waals surface area contributed by atoms with Crippen LogP contribution in [0.4, 0.5) is 13.2 Å². The average Bonchev–Trinajstić information content (AvgIpc) is 2.26. The first-order chi connectivity index (χ1) is 8.84. The molecule has 0 N–H and O–H groups in total. The quantitative estimate of drug-likeness (QED) is 0.828. The maximum absolute atomic E-state index is 12.3. The van der Waals surface area contributed by atoms with Crippen LogP contribution in [0.15, 0.2) is 30.5 Å². The number of hydrogen-bond acceptors (Lipinski definition) is 3. The molecule has 0 amide bonds. The summed E-state index contributed by atoms with van der Waals surface area (Å²) in [5.74, 6) is 0.768. The Hall–Kier alpha value is -2.11. The maximum atomic E-state index is 12.3. The van der Waals surface area contributed by atoms with Crippen molar-refractivity contribution in [2.75, 3.05) is 0 Å². The predicted octanol–water partition coefficient (Wildman–Crippen LogP) is 3.90. The van der Waals surface area contributed by atoms with E-state index in [1.54, 1.807) is 12.1 Å². The highest BCUT2D eigenvalue weighted by Crippen LogP contribution is 2.29. The van der Waals surface area contributed by atoms with E-state index < -0.39 is 11.9 Å². The maximum Gasteiger partial charge on any atom is 0.433 e. The summed E-state index contributed by atoms with van der Waals surface area (Å²) in [5, 5.41) is 0. The third-order valence-electron chi connectivity index (χ3n) is 2.32. The molecule has 0 radical (unpaired) electrons. The zero-order valence-electron chi connectivity index (χ0n) is 10.3. The van der Waals surface area contributed by atoms with E-state index in [-0.39, 0.29) is 5.75 Å². The van der Waals surface area contributed by atoms with Crippen molar-refractivity contribution >= 4 is 0 Å². The van der Waals surface area contributed by atoms with Crippen LogP contribution in [0.25, 0.3) is 0 Å². The molecule has 6 heteroatoms. The fourth-order valence-electron chi connectivity index (χ4n) is 1.60. The van der Waals surface area contributed by atoms with Crippen LogP contribution in [0.2, 0.25) is 0 Å². The second-order valence-corrected chi connectivity index (χ2v) is 4.06. The molecule has 0 saturated heterocycles. The van der Waals surface area contributed by atoms with E-state index in [0.29, 0.717) is 5.75 Å². The Balaban J connectivity index is 2.20. The van der Waals surface area contributed by atoms with Gasteiger partial charge in [-0.05, 0) is 26.0 Å². The van der Waals surface area contributed by atoms with Gasteiger partial charge in [-0.15, -0.1) is 0 Å². The lowest BCUT2D eigenvalue weighted by atomic mass is 10.3. The van der Waals surface area contributed by atoms with Crippen LogP contribution < -0.4 is 4.74 Å². The van der Waals surface area contributed by atoms with Crippen LogP contribution in [0.5, 0.6) is 11.5 Å². The summed E-state index contributed by atoms with van der Waals surface area (Å²) >= 11 is 0. The zero-order valence-corrected chi connectivity index (χ0v) is 10.3. The first kappa shape index (κ1) is 13.3. The molecule has 0 saturated carbocycles. The van der Waals surface area contributed by atoms with E-state index in [0.717, 1.165) is 23.7 Å². The Morgan fingerprint density at radius 2 is 1.63 bits per heavy atom. The molecular formula is C13H11F3N2O. The van der Waals surface area contributed by atoms with Crippen molar-refractivity contribution in [2.45, 2.75) is 20.0 Å². The number of aromatic nitrogens is 2. The number of alkyl halides is 3. The van der Waals surface area contributed by atoms with Gasteiger partial charge in [-0.2, -0.15) is 13.2 Å². The number of aryl methyl sites for hydroxylation is 2. The third-order valence-corrected chi connectivity index (χ3v) is 2.32. The number of pyridine rings is 2. The third kappa shape index (κ3) is 3.43. The molecule has 3 nitrogen and oxygen atoms in total. The van der Waals surface area contributed by atoms with Crippen molar-refractivity contribution in [1.82, 2.24) is 9.97 Å². The highest BCUT2D eigenvalue weighted by atomic mass is 19.4. The molecule has 0 bridgehead atoms. The van der Waals surface area contributed by atoms with Crippen LogP contribution in [0, 0.1) is 13.8 Å². The highest BCUT2D eigenvalue weighted by Gasteiger charge is 2.32. The van der Waals surface area contributed by atoms with Gasteiger partial charge in [0, 0.05) is 23.5 Å². The lowest BCUT2D eigenvalue weighted by Gasteiger charge is -2.09. The minimum atomic E-state index is -4.44. The van der Waals surface area contributed by atoms with Crippen LogP contribution in [0.1, 0.15) is 17.1 Å². The molecular weight excluding hydrogens is 257 g/mol. The van der Waals surface area contributed by atoms with Gasteiger partial charge in [0.2, 0.25) is 0 Å². The van der Waals surface area contributed by atoms with Gasteiger partial charge in [0.1, 0.15) is 17.2 Å². The molecule has 0 unspecified atom stereocenters. The Kier molecular flexibility index (Phi) is 3.42. The predicted molar refractivity (Wildman–Crippen MR) is 63.0 cm³/mol. The smallest absolute Gasteiger partial charge is 0.433 e. The van der Waals surface area contributed by atoms with Crippen LogP contribution >= 0.6 is 0 Å². The molecule has 2 aromatic heterocycles. The van der Waals surface area contributed by atoms with Gasteiger partial charge in [-0.25, -0.2) is 4.98 Å². The van der Waals surface area contributed by atoms with Crippen molar-refractivity contribution in [2.24, 2.45) is 0 Å². The van der Waals surface area contributed by atoms with Crippen LogP contribution in [0.3, 0.4) is 0 Å². The number of hydrogen-bond donors (Lipinski definition) is 0. The first-order valence-corrected chi connectivity index (χ1v) is 5.51. The largest absolute Gasteiger partial charge is 0.456 e. The van der Waals surface area contributed by atoms with Crippen molar-refractivity contribution < 1.29 is 17.9 Å². The number of rotatable bonds is 2. The van der Waals surface area contributed by atoms with Gasteiger partial charge >= 0.3 is 6.18 Å². The molecule has 0 aliphatic rings. The molecule has 0 aromatic carbocycles. The molecule has 2 aromatic rings. The molecule has 0 aliphatic heterocycles. The number of nitrogens with zero attached hydrogens (tertiary/aromatic N) is 2. The normalized spacial score (nSPS) is 11.4. The second-order valence-electron chi connectivity index (χ2n) is 4.06. The summed E-state index contributed by atoms with van der Waals surface area (Å²) in [6.45, 7) is 3.62. The van der Waals surface area contributed by atoms with E-state index in [9.17, 15) is 13.2 Å². The zero-order chi connectivity index (χ0) is 14.0. The standard InChI is InChI=1S/C13H11F3N2O/c1-8-5-11(6-9(2)18-8)19-10-3-4-12(17-7-10)13(14,15)16/h3-7H,1-2H3. The number of halogens is 3. The average molecular weight is 268 g/mol. The fourth-order valence-corrected chi connectivity index (χ4v) is 1.60. The van der Waals surface area contributed by atoms with Crippen molar-refractivity contribution in [3.63, 3.8) is 0 Å². The summed E-state index contributed by atoms with van der Waals surface area (Å²) in [4.78, 5) is 7.50. The van der Waals surface area contributed by atoms with E-state index in [2.05, 4.69) is 9.97 Å². The topological polar surface area (TPSA) is 35.0 Å². The minimum Gasteiger partial charge on any atom is -0.456 e. The molecule has 0 atom stereocenters. The number of ether oxygens (including phenoxy) is 1. The van der Waals surface area contributed by atoms with Gasteiger partial charge in [0.15, 0.2) is 0 Å². The second kappa shape index (κ2) is 4.87. The summed E-state index contributed by atoms with van der Waals surface area (Å²) < 4.78 is 42.5. The lowest BCUT2D eigenvalue weighted by Crippen LogP contribution is -2.07. The molecule has 2 rings (SSSR count). The SMILES string of the molecule is Cc1cc(Oc2ccc(C(F)(F)F)nc2)cc(C)n1. The van der Waals surface area contributed by atoms with E-state index in [1.807, 2.05) is 13.8 Å². The molecule has 2 heterocycles. The highest BCUT2D eigenvalue weighted by molar-refractivity contribution is 5.32. The van der Waals surface area contributed by atoms with E-state index in [4.69, 9.17) is 4.74 Å². The lowest BCUT2D eigenvalue weighted by molar-refractivity contribution is -0.141. The van der Waals surface area contributed by atoms with Gasteiger partial charge < -0.3 is 4.74 Å². The van der Waals surface area contributed by atoms with Gasteiger partial charge in [0.05, 0.1) is 6.20 Å². The molecule has 19 heavy (non-hydrogen) atoms. The van der Waals surface area contributed by atoms with Gasteiger partial charge in [0.25, 0.3) is 0 Å².